The van der Waals surface area contributed by atoms with Gasteiger partial charge in [0.15, 0.2) is 6.23 Å². The molecule has 0 radical (unpaired) electrons. The van der Waals surface area contributed by atoms with Crippen LogP contribution in [0, 0.1) is 5.82 Å². The second-order valence-corrected chi connectivity index (χ2v) is 7.50. The quantitative estimate of drug-likeness (QED) is 0.602. The first-order valence-corrected chi connectivity index (χ1v) is 13.2. The Bertz CT molecular complexity index is 1210. The molecule has 0 spiro atoms. The summed E-state index contributed by atoms with van der Waals surface area (Å²) in [4.78, 5) is 17.3. The summed E-state index contributed by atoms with van der Waals surface area (Å²) in [5.74, 6) is -0.178. The molecular formula is C28H43FN4O4S. The van der Waals surface area contributed by atoms with Crippen molar-refractivity contribution in [3.05, 3.63) is 74.8 Å². The number of ether oxygens (including phenoxy) is 1. The lowest BCUT2D eigenvalue weighted by Crippen LogP contribution is -2.46. The van der Waals surface area contributed by atoms with Crippen molar-refractivity contribution in [1.82, 2.24) is 4.57 Å². The summed E-state index contributed by atoms with van der Waals surface area (Å²) in [7, 11) is 1.56. The van der Waals surface area contributed by atoms with Crippen LogP contribution in [0.25, 0.3) is 17.7 Å². The molecule has 0 saturated heterocycles. The SMILES string of the molecule is C/C=c1\cc(C2=CC(N)C(OC)N=C2)c(=O)n(C(C)C)\c1=C\CN.CC.CC.Fc1ccccc1.O=S=O. The summed E-state index contributed by atoms with van der Waals surface area (Å²) in [5.41, 5.74) is 13.0. The maximum absolute atomic E-state index is 13.0. The molecule has 0 fully saturated rings. The van der Waals surface area contributed by atoms with Crippen LogP contribution in [0.15, 0.2) is 52.3 Å². The topological polar surface area (TPSA) is 130 Å². The highest BCUT2D eigenvalue weighted by molar-refractivity contribution is 7.51. The van der Waals surface area contributed by atoms with Crippen LogP contribution in [0.1, 0.15) is 60.1 Å². The van der Waals surface area contributed by atoms with E-state index < -0.39 is 17.8 Å². The van der Waals surface area contributed by atoms with E-state index in [1.165, 1.54) is 12.1 Å². The number of methoxy groups -OCH3 is 1. The van der Waals surface area contributed by atoms with Gasteiger partial charge in [0.05, 0.1) is 6.04 Å². The third-order valence-corrected chi connectivity index (χ3v) is 4.79. The minimum absolute atomic E-state index is 0.00970. The first kappa shape index (κ1) is 37.1. The van der Waals surface area contributed by atoms with Gasteiger partial charge in [-0.15, -0.1) is 0 Å². The molecule has 2 aromatic rings. The number of allylic oxidation sites excluding steroid dienone is 1. The van der Waals surface area contributed by atoms with Gasteiger partial charge >= 0.3 is 11.6 Å². The number of halogens is 1. The number of pyridine rings is 1. The predicted molar refractivity (Wildman–Crippen MR) is 157 cm³/mol. The first-order valence-electron chi connectivity index (χ1n) is 12.5. The highest BCUT2D eigenvalue weighted by Gasteiger charge is 2.21. The Morgan fingerprint density at radius 2 is 1.71 bits per heavy atom. The average Bonchev–Trinajstić information content (AvgIpc) is 2.92. The van der Waals surface area contributed by atoms with Crippen LogP contribution in [0.4, 0.5) is 4.39 Å². The third kappa shape index (κ3) is 12.0. The van der Waals surface area contributed by atoms with Gasteiger partial charge < -0.3 is 20.8 Å². The molecule has 1 aromatic carbocycles. The van der Waals surface area contributed by atoms with E-state index in [0.717, 1.165) is 16.1 Å². The molecule has 4 N–H and O–H groups in total. The monoisotopic (exact) mass is 550 g/mol. The zero-order valence-electron chi connectivity index (χ0n) is 23.7. The van der Waals surface area contributed by atoms with Crippen molar-refractivity contribution in [2.75, 3.05) is 13.7 Å². The number of aromatic nitrogens is 1. The Morgan fingerprint density at radius 3 is 2.08 bits per heavy atom. The Hall–Kier alpha value is -3.05. The molecule has 0 amide bonds. The molecule has 2 unspecified atom stereocenters. The Labute approximate surface area is 229 Å². The van der Waals surface area contributed by atoms with Gasteiger partial charge in [-0.1, -0.05) is 58.0 Å². The van der Waals surface area contributed by atoms with Crippen molar-refractivity contribution in [1.29, 1.82) is 0 Å². The normalized spacial score (nSPS) is 16.4. The standard InChI is InChI=1S/C18H26N4O2.C6H5F.2C2H6.O2S/c1-5-12-8-14(13-9-15(20)17(24-4)21-10-13)18(23)22(11(2)3)16(12)6-7-19;7-6-4-2-1-3-5-6;2*1-2;1-3-2/h5-6,8-11,15,17H,7,19-20H2,1-4H3;1-5H;2*1-2H3;/b12-5+,16-6+;;;;. The van der Waals surface area contributed by atoms with E-state index in [2.05, 4.69) is 4.99 Å². The lowest BCUT2D eigenvalue weighted by Gasteiger charge is -2.21. The zero-order valence-corrected chi connectivity index (χ0v) is 24.5. The van der Waals surface area contributed by atoms with Crippen LogP contribution in [-0.4, -0.2) is 45.1 Å². The maximum atomic E-state index is 13.0. The molecule has 2 atom stereocenters. The van der Waals surface area contributed by atoms with Crippen molar-refractivity contribution >= 4 is 35.5 Å². The summed E-state index contributed by atoms with van der Waals surface area (Å²) in [6, 6.07) is 9.44. The van der Waals surface area contributed by atoms with Gasteiger partial charge in [0.2, 0.25) is 0 Å². The average molecular weight is 551 g/mol. The smallest absolute Gasteiger partial charge is 0.335 e. The molecular weight excluding hydrogens is 507 g/mol. The van der Waals surface area contributed by atoms with E-state index in [9.17, 15) is 9.18 Å². The van der Waals surface area contributed by atoms with Gasteiger partial charge in [-0.25, -0.2) is 4.39 Å². The van der Waals surface area contributed by atoms with E-state index >= 15 is 0 Å². The van der Waals surface area contributed by atoms with E-state index in [0.29, 0.717) is 12.1 Å². The molecule has 2 heterocycles. The van der Waals surface area contributed by atoms with Crippen LogP contribution in [0.3, 0.4) is 0 Å². The number of hydrogen-bond donors (Lipinski definition) is 2. The van der Waals surface area contributed by atoms with Gasteiger partial charge in [0.25, 0.3) is 5.56 Å². The fraction of sp³-hybridized carbons (Fsp3) is 0.429. The molecule has 10 heteroatoms. The van der Waals surface area contributed by atoms with E-state index in [1.807, 2.05) is 72.8 Å². The fourth-order valence-corrected chi connectivity index (χ4v) is 3.33. The van der Waals surface area contributed by atoms with Gasteiger partial charge in [-0.05, 0) is 50.3 Å². The van der Waals surface area contributed by atoms with E-state index in [-0.39, 0.29) is 23.5 Å². The van der Waals surface area contributed by atoms with Gasteiger partial charge in [0, 0.05) is 42.4 Å². The van der Waals surface area contributed by atoms with Crippen molar-refractivity contribution in [2.24, 2.45) is 16.5 Å². The Morgan fingerprint density at radius 1 is 1.16 bits per heavy atom. The molecule has 212 valence electrons. The second-order valence-electron chi connectivity index (χ2n) is 7.36. The molecule has 1 aliphatic rings. The summed E-state index contributed by atoms with van der Waals surface area (Å²) in [6.45, 7) is 14.3. The van der Waals surface area contributed by atoms with Crippen LogP contribution < -0.4 is 27.6 Å². The molecule has 1 aromatic heterocycles. The molecule has 3 rings (SSSR count). The number of hydrogen-bond acceptors (Lipinski definition) is 7. The largest absolute Gasteiger partial charge is 0.358 e. The minimum atomic E-state index is -0.750. The summed E-state index contributed by atoms with van der Waals surface area (Å²) in [6.07, 6.45) is 6.92. The van der Waals surface area contributed by atoms with Crippen LogP contribution in [0.2, 0.25) is 0 Å². The van der Waals surface area contributed by atoms with Gasteiger partial charge in [0.1, 0.15) is 5.82 Å². The number of nitrogens with two attached hydrogens (primary N) is 2. The van der Waals surface area contributed by atoms with Crippen LogP contribution >= 0.6 is 0 Å². The summed E-state index contributed by atoms with van der Waals surface area (Å²) >= 11 is -0.750. The molecule has 1 aliphatic heterocycles. The number of nitrogens with zero attached hydrogens (tertiary/aromatic N) is 2. The summed E-state index contributed by atoms with van der Waals surface area (Å²) < 4.78 is 35.5. The summed E-state index contributed by atoms with van der Waals surface area (Å²) in [5, 5.41) is 1.80. The second kappa shape index (κ2) is 22.0. The van der Waals surface area contributed by atoms with Gasteiger partial charge in [-0.2, -0.15) is 8.42 Å². The Balaban J connectivity index is 0. The van der Waals surface area contributed by atoms with Gasteiger partial charge in [-0.3, -0.25) is 9.79 Å². The first-order chi connectivity index (χ1) is 18.2. The zero-order chi connectivity index (χ0) is 29.7. The van der Waals surface area contributed by atoms with Crippen molar-refractivity contribution in [3.63, 3.8) is 0 Å². The maximum Gasteiger partial charge on any atom is 0.335 e. The molecule has 8 nitrogen and oxygen atoms in total. The molecule has 0 aliphatic carbocycles. The van der Waals surface area contributed by atoms with E-state index in [4.69, 9.17) is 24.6 Å². The van der Waals surface area contributed by atoms with Crippen LogP contribution in [0.5, 0.6) is 0 Å². The highest BCUT2D eigenvalue weighted by Crippen LogP contribution is 2.15. The number of dihydropyridines is 1. The Kier molecular flexibility index (Phi) is 21.5. The highest BCUT2D eigenvalue weighted by atomic mass is 32.1. The lowest BCUT2D eigenvalue weighted by atomic mass is 10.0. The van der Waals surface area contributed by atoms with Crippen molar-refractivity contribution in [2.45, 2.75) is 66.8 Å². The van der Waals surface area contributed by atoms with Crippen molar-refractivity contribution < 1.29 is 17.5 Å². The predicted octanol–water partition coefficient (Wildman–Crippen LogP) is 2.94. The van der Waals surface area contributed by atoms with Crippen molar-refractivity contribution in [3.8, 4) is 0 Å². The third-order valence-electron chi connectivity index (χ3n) is 4.79. The van der Waals surface area contributed by atoms with E-state index in [1.54, 1.807) is 36.1 Å². The molecule has 38 heavy (non-hydrogen) atoms. The minimum Gasteiger partial charge on any atom is -0.358 e. The number of benzene rings is 1. The lowest BCUT2D eigenvalue weighted by molar-refractivity contribution is 0.0997. The molecule has 0 saturated carbocycles. The fourth-order valence-electron chi connectivity index (χ4n) is 3.33. The number of rotatable bonds is 4. The number of aliphatic imine (C=N–C) groups is 1. The van der Waals surface area contributed by atoms with Crippen LogP contribution in [-0.2, 0) is 16.3 Å². The molecule has 0 bridgehead atoms.